The van der Waals surface area contributed by atoms with E-state index in [1.54, 1.807) is 18.2 Å². The molecule has 0 aliphatic carbocycles. The summed E-state index contributed by atoms with van der Waals surface area (Å²) in [7, 11) is 0. The number of nitrogens with one attached hydrogen (secondary N) is 1. The van der Waals surface area contributed by atoms with Crippen molar-refractivity contribution in [3.63, 3.8) is 0 Å². The summed E-state index contributed by atoms with van der Waals surface area (Å²) < 4.78 is 14.1. The Morgan fingerprint density at radius 2 is 1.90 bits per heavy atom. The third-order valence-corrected chi connectivity index (χ3v) is 4.58. The van der Waals surface area contributed by atoms with Crippen molar-refractivity contribution in [2.45, 2.75) is 6.04 Å². The highest BCUT2D eigenvalue weighted by atomic mass is 79.9. The Balaban J connectivity index is 2.32. The van der Waals surface area contributed by atoms with Crippen LogP contribution in [-0.2, 0) is 4.79 Å². The zero-order valence-corrected chi connectivity index (χ0v) is 14.3. The zero-order valence-electron chi connectivity index (χ0n) is 10.4. The minimum Gasteiger partial charge on any atom is -0.479 e. The normalized spacial score (nSPS) is 12.0. The average Bonchev–Trinajstić information content (AvgIpc) is 2.43. The van der Waals surface area contributed by atoms with E-state index in [0.717, 1.165) is 0 Å². The maximum atomic E-state index is 13.3. The van der Waals surface area contributed by atoms with Crippen LogP contribution in [0.25, 0.3) is 0 Å². The fourth-order valence-electron chi connectivity index (χ4n) is 1.73. The molecule has 0 bridgehead atoms. The summed E-state index contributed by atoms with van der Waals surface area (Å²) in [6.07, 6.45) is 0. The fourth-order valence-corrected chi connectivity index (χ4v) is 2.63. The Bertz CT molecular complexity index is 697. The second kappa shape index (κ2) is 6.77. The van der Waals surface area contributed by atoms with Crippen LogP contribution in [0.3, 0.4) is 0 Å². The summed E-state index contributed by atoms with van der Waals surface area (Å²) in [6, 6.07) is 8.07. The molecule has 0 saturated carbocycles. The summed E-state index contributed by atoms with van der Waals surface area (Å²) in [5.41, 5.74) is 1.01. The number of aliphatic carboxylic acids is 1. The number of hydrogen-bond acceptors (Lipinski definition) is 2. The van der Waals surface area contributed by atoms with Crippen LogP contribution in [0.2, 0.25) is 5.02 Å². The van der Waals surface area contributed by atoms with E-state index in [2.05, 4.69) is 37.2 Å². The number of halogens is 4. The largest absolute Gasteiger partial charge is 0.479 e. The van der Waals surface area contributed by atoms with Gasteiger partial charge in [0, 0.05) is 10.2 Å². The summed E-state index contributed by atoms with van der Waals surface area (Å²) in [5, 5.41) is 12.8. The maximum absolute atomic E-state index is 13.3. The second-order valence-corrected chi connectivity index (χ2v) is 6.33. The first-order valence-electron chi connectivity index (χ1n) is 5.78. The Morgan fingerprint density at radius 3 is 2.48 bits per heavy atom. The average molecular weight is 437 g/mol. The van der Waals surface area contributed by atoms with E-state index >= 15 is 0 Å². The van der Waals surface area contributed by atoms with Gasteiger partial charge in [-0.05, 0) is 67.8 Å². The molecule has 0 saturated heterocycles. The third kappa shape index (κ3) is 3.96. The molecule has 0 aromatic heterocycles. The molecule has 0 aliphatic rings. The Labute approximate surface area is 142 Å². The first kappa shape index (κ1) is 16.3. The lowest BCUT2D eigenvalue weighted by atomic mass is 10.1. The van der Waals surface area contributed by atoms with Gasteiger partial charge in [-0.1, -0.05) is 17.7 Å². The molecule has 2 aromatic carbocycles. The van der Waals surface area contributed by atoms with E-state index < -0.39 is 17.8 Å². The predicted molar refractivity (Wildman–Crippen MR) is 87.3 cm³/mol. The standard InChI is InChI=1S/C14H9Br2ClFNO2/c15-9-6-8(2-3-11(9)17)19-13(14(20)21)7-1-4-12(18)10(16)5-7/h1-6,13,19H,(H,20,21). The van der Waals surface area contributed by atoms with Crippen LogP contribution in [0, 0.1) is 5.82 Å². The van der Waals surface area contributed by atoms with E-state index in [1.807, 2.05) is 0 Å². The third-order valence-electron chi connectivity index (χ3n) is 2.75. The molecule has 2 N–H and O–H groups in total. The summed E-state index contributed by atoms with van der Waals surface area (Å²) in [5.74, 6) is -1.52. The highest BCUT2D eigenvalue weighted by Crippen LogP contribution is 2.29. The molecule has 110 valence electrons. The van der Waals surface area contributed by atoms with Gasteiger partial charge in [0.25, 0.3) is 0 Å². The molecule has 2 aromatic rings. The lowest BCUT2D eigenvalue weighted by molar-refractivity contribution is -0.138. The number of carbonyl (C=O) groups is 1. The van der Waals surface area contributed by atoms with Crippen LogP contribution < -0.4 is 5.32 Å². The summed E-state index contributed by atoms with van der Waals surface area (Å²) in [4.78, 5) is 11.4. The smallest absolute Gasteiger partial charge is 0.330 e. The van der Waals surface area contributed by atoms with Gasteiger partial charge in [0.05, 0.1) is 9.50 Å². The highest BCUT2D eigenvalue weighted by Gasteiger charge is 2.20. The van der Waals surface area contributed by atoms with E-state index in [1.165, 1.54) is 18.2 Å². The van der Waals surface area contributed by atoms with Gasteiger partial charge in [0.2, 0.25) is 0 Å². The van der Waals surface area contributed by atoms with Crippen molar-refractivity contribution in [1.29, 1.82) is 0 Å². The highest BCUT2D eigenvalue weighted by molar-refractivity contribution is 9.10. The molecule has 0 heterocycles. The van der Waals surface area contributed by atoms with Crippen molar-refractivity contribution in [3.05, 3.63) is 61.7 Å². The van der Waals surface area contributed by atoms with E-state index in [9.17, 15) is 14.3 Å². The van der Waals surface area contributed by atoms with Gasteiger partial charge in [0.15, 0.2) is 6.04 Å². The Hall–Kier alpha value is -1.11. The van der Waals surface area contributed by atoms with Crippen molar-refractivity contribution in [1.82, 2.24) is 0 Å². The molecular weight excluding hydrogens is 428 g/mol. The van der Waals surface area contributed by atoms with E-state index in [4.69, 9.17) is 11.6 Å². The predicted octanol–water partition coefficient (Wildman–Crippen LogP) is 5.24. The first-order chi connectivity index (χ1) is 9.88. The van der Waals surface area contributed by atoms with Gasteiger partial charge < -0.3 is 10.4 Å². The van der Waals surface area contributed by atoms with Crippen LogP contribution in [0.15, 0.2) is 45.3 Å². The van der Waals surface area contributed by atoms with E-state index in [-0.39, 0.29) is 4.47 Å². The molecule has 2 rings (SSSR count). The van der Waals surface area contributed by atoms with E-state index in [0.29, 0.717) is 20.7 Å². The first-order valence-corrected chi connectivity index (χ1v) is 7.74. The van der Waals surface area contributed by atoms with Crippen LogP contribution >= 0.6 is 43.5 Å². The van der Waals surface area contributed by atoms with Gasteiger partial charge in [-0.3, -0.25) is 0 Å². The molecule has 1 unspecified atom stereocenters. The number of hydrogen-bond donors (Lipinski definition) is 2. The SMILES string of the molecule is O=C(O)C(Nc1ccc(Cl)c(Br)c1)c1ccc(F)c(Br)c1. The fraction of sp³-hybridized carbons (Fsp3) is 0.0714. The topological polar surface area (TPSA) is 49.3 Å². The van der Waals surface area contributed by atoms with Crippen molar-refractivity contribution in [2.75, 3.05) is 5.32 Å². The van der Waals surface area contributed by atoms with Crippen LogP contribution in [0.5, 0.6) is 0 Å². The molecule has 0 spiro atoms. The van der Waals surface area contributed by atoms with Crippen molar-refractivity contribution < 1.29 is 14.3 Å². The molecule has 0 fully saturated rings. The number of carboxylic acids is 1. The van der Waals surface area contributed by atoms with Crippen molar-refractivity contribution in [2.24, 2.45) is 0 Å². The van der Waals surface area contributed by atoms with Crippen molar-refractivity contribution in [3.8, 4) is 0 Å². The molecule has 7 heteroatoms. The zero-order chi connectivity index (χ0) is 15.6. The minimum atomic E-state index is -1.07. The van der Waals surface area contributed by atoms with Gasteiger partial charge in [-0.2, -0.15) is 0 Å². The van der Waals surface area contributed by atoms with Crippen LogP contribution in [0.1, 0.15) is 11.6 Å². The maximum Gasteiger partial charge on any atom is 0.330 e. The number of rotatable bonds is 4. The number of carboxylic acid groups (broad SMARTS) is 1. The van der Waals surface area contributed by atoms with Gasteiger partial charge >= 0.3 is 5.97 Å². The monoisotopic (exact) mass is 435 g/mol. The molecule has 21 heavy (non-hydrogen) atoms. The lowest BCUT2D eigenvalue weighted by Gasteiger charge is -2.17. The Kier molecular flexibility index (Phi) is 5.24. The summed E-state index contributed by atoms with van der Waals surface area (Å²) in [6.45, 7) is 0. The lowest BCUT2D eigenvalue weighted by Crippen LogP contribution is -2.20. The molecular formula is C14H9Br2ClFNO2. The minimum absolute atomic E-state index is 0.213. The molecule has 0 amide bonds. The molecule has 1 atom stereocenters. The second-order valence-electron chi connectivity index (χ2n) is 4.22. The van der Waals surface area contributed by atoms with Crippen molar-refractivity contribution >= 4 is 55.1 Å². The van der Waals surface area contributed by atoms with Crippen LogP contribution in [0.4, 0.5) is 10.1 Å². The van der Waals surface area contributed by atoms with Gasteiger partial charge in [-0.25, -0.2) is 9.18 Å². The van der Waals surface area contributed by atoms with Gasteiger partial charge in [0.1, 0.15) is 5.82 Å². The summed E-state index contributed by atoms with van der Waals surface area (Å²) >= 11 is 12.2. The molecule has 3 nitrogen and oxygen atoms in total. The number of benzene rings is 2. The molecule has 0 aliphatic heterocycles. The molecule has 0 radical (unpaired) electrons. The quantitative estimate of drug-likeness (QED) is 0.688. The number of anilines is 1. The van der Waals surface area contributed by atoms with Crippen LogP contribution in [-0.4, -0.2) is 11.1 Å². The Morgan fingerprint density at radius 1 is 1.19 bits per heavy atom. The van der Waals surface area contributed by atoms with Gasteiger partial charge in [-0.15, -0.1) is 0 Å².